The predicted octanol–water partition coefficient (Wildman–Crippen LogP) is 5.34. The molecule has 10 nitrogen and oxygen atoms in total. The maximum Gasteiger partial charge on any atom is 0.308 e. The fraction of sp³-hybridized carbons (Fsp3) is 0.864. The van der Waals surface area contributed by atoms with Crippen LogP contribution in [0.2, 0.25) is 0 Å². The van der Waals surface area contributed by atoms with E-state index in [-0.39, 0.29) is 47.9 Å². The van der Waals surface area contributed by atoms with E-state index in [9.17, 15) is 24.9 Å². The van der Waals surface area contributed by atoms with Gasteiger partial charge in [-0.15, -0.1) is 0 Å². The van der Waals surface area contributed by atoms with Crippen molar-refractivity contribution in [2.45, 2.75) is 149 Å². The molecule has 0 aliphatic carbocycles. The molecular weight excluding hydrogens is 682 g/mol. The van der Waals surface area contributed by atoms with Crippen LogP contribution < -0.4 is 0 Å². The Hall–Kier alpha value is -1.66. The molecule has 0 spiro atoms. The van der Waals surface area contributed by atoms with Crippen LogP contribution in [-0.2, 0) is 19.1 Å². The first-order chi connectivity index (χ1) is 25.6. The molecule has 0 aromatic rings. The maximum absolute atomic E-state index is 13.9. The minimum atomic E-state index is -0.984. The van der Waals surface area contributed by atoms with Crippen LogP contribution in [0.4, 0.5) is 0 Å². The lowest BCUT2D eigenvalue weighted by molar-refractivity contribution is -0.203. The van der Waals surface area contributed by atoms with Gasteiger partial charge in [0.15, 0.2) is 5.78 Å². The van der Waals surface area contributed by atoms with E-state index in [1.165, 1.54) is 25.7 Å². The number of aliphatic hydroxyl groups excluding tert-OH is 3. The summed E-state index contributed by atoms with van der Waals surface area (Å²) >= 11 is 0. The van der Waals surface area contributed by atoms with Crippen LogP contribution in [0.3, 0.4) is 0 Å². The van der Waals surface area contributed by atoms with E-state index in [1.54, 1.807) is 6.08 Å². The van der Waals surface area contributed by atoms with Crippen molar-refractivity contribution in [1.29, 1.82) is 0 Å². The molecule has 4 aliphatic rings. The van der Waals surface area contributed by atoms with E-state index < -0.39 is 42.5 Å². The van der Waals surface area contributed by atoms with Crippen molar-refractivity contribution >= 4 is 11.8 Å². The Bertz CT molecular complexity index is 1230. The third-order valence-corrected chi connectivity index (χ3v) is 13.3. The molecule has 10 heteroatoms. The molecule has 310 valence electrons. The molecule has 3 N–H and O–H groups in total. The standard InChI is InChI=1S/C44H77N3O7/c1-10-39-35(27-46-17-12-11-13-18-46)21-28(2)14-15-37(48)31(5)22-34(16-19-47-25-29(3)20-30(4)26-47)36(32(6)38(49)24-41(50)54-39)23-40-44(52)42(45(8)9)43(51)33(7)53-40/h14-15,21,29-36,38-40,42-44,49,51-52H,10-13,16-20,22-27H2,1-9H3/b15-14+,28-21+. The molecule has 0 amide bonds. The number of cyclic esters (lactones) is 1. The summed E-state index contributed by atoms with van der Waals surface area (Å²) in [5.74, 6) is 0.0804. The summed E-state index contributed by atoms with van der Waals surface area (Å²) in [6, 6.07) is -0.513. The first-order valence-corrected chi connectivity index (χ1v) is 21.5. The average molecular weight is 760 g/mol. The highest BCUT2D eigenvalue weighted by Gasteiger charge is 2.46. The van der Waals surface area contributed by atoms with Gasteiger partial charge in [-0.1, -0.05) is 58.8 Å². The molecular formula is C44H77N3O7. The third kappa shape index (κ3) is 12.7. The summed E-state index contributed by atoms with van der Waals surface area (Å²) in [6.07, 6.45) is 8.77. The Labute approximate surface area is 327 Å². The van der Waals surface area contributed by atoms with E-state index in [4.69, 9.17) is 9.47 Å². The summed E-state index contributed by atoms with van der Waals surface area (Å²) < 4.78 is 12.6. The topological polar surface area (TPSA) is 123 Å². The minimum Gasteiger partial charge on any atom is -0.462 e. The predicted molar refractivity (Wildman–Crippen MR) is 215 cm³/mol. The van der Waals surface area contributed by atoms with Gasteiger partial charge in [0.25, 0.3) is 0 Å². The van der Waals surface area contributed by atoms with Gasteiger partial charge < -0.3 is 39.5 Å². The SMILES string of the molecule is CCC1OC(=O)CC(O)C(C)C(CC2OC(C)C(O)C(N(C)C)C2O)C(CCN2CC(C)CC(C)C2)CC(C)C(=O)/C=C/C(C)=C/C1CN1CCCCC1. The zero-order valence-electron chi connectivity index (χ0n) is 35.2. The first-order valence-electron chi connectivity index (χ1n) is 21.5. The molecule has 3 saturated heterocycles. The molecule has 4 aliphatic heterocycles. The zero-order valence-corrected chi connectivity index (χ0v) is 35.2. The molecule has 54 heavy (non-hydrogen) atoms. The highest BCUT2D eigenvalue weighted by Crippen LogP contribution is 2.40. The van der Waals surface area contributed by atoms with Gasteiger partial charge in [-0.2, -0.15) is 0 Å². The largest absolute Gasteiger partial charge is 0.462 e. The van der Waals surface area contributed by atoms with Crippen LogP contribution >= 0.6 is 0 Å². The van der Waals surface area contributed by atoms with Gasteiger partial charge >= 0.3 is 5.97 Å². The number of carbonyl (C=O) groups is 2. The molecule has 0 aromatic heterocycles. The Morgan fingerprint density at radius 1 is 0.870 bits per heavy atom. The summed E-state index contributed by atoms with van der Waals surface area (Å²) in [5, 5.41) is 34.7. The fourth-order valence-electron chi connectivity index (χ4n) is 10.3. The second kappa shape index (κ2) is 21.2. The van der Waals surface area contributed by atoms with Crippen molar-refractivity contribution in [3.63, 3.8) is 0 Å². The summed E-state index contributed by atoms with van der Waals surface area (Å²) in [5.41, 5.74) is 0.978. The van der Waals surface area contributed by atoms with Crippen LogP contribution in [0.25, 0.3) is 0 Å². The van der Waals surface area contributed by atoms with Gasteiger partial charge in [0.2, 0.25) is 0 Å². The van der Waals surface area contributed by atoms with E-state index >= 15 is 0 Å². The van der Waals surface area contributed by atoms with E-state index in [2.05, 4.69) is 29.7 Å². The lowest BCUT2D eigenvalue weighted by Crippen LogP contribution is -2.62. The number of nitrogens with zero attached hydrogens (tertiary/aromatic N) is 3. The van der Waals surface area contributed by atoms with Crippen LogP contribution in [-0.4, -0.2) is 138 Å². The number of hydrogen-bond acceptors (Lipinski definition) is 10. The number of rotatable bonds is 9. The van der Waals surface area contributed by atoms with Crippen molar-refractivity contribution in [3.8, 4) is 0 Å². The van der Waals surface area contributed by atoms with Crippen LogP contribution in [0.5, 0.6) is 0 Å². The van der Waals surface area contributed by atoms with E-state index in [0.717, 1.165) is 51.3 Å². The lowest BCUT2D eigenvalue weighted by atomic mass is 9.70. The summed E-state index contributed by atoms with van der Waals surface area (Å²) in [7, 11) is 3.72. The smallest absolute Gasteiger partial charge is 0.308 e. The molecule has 4 heterocycles. The number of ether oxygens (including phenoxy) is 2. The van der Waals surface area contributed by atoms with Crippen molar-refractivity contribution < 1.29 is 34.4 Å². The maximum atomic E-state index is 13.9. The molecule has 0 aromatic carbocycles. The second-order valence-corrected chi connectivity index (χ2v) is 18.3. The van der Waals surface area contributed by atoms with Crippen molar-refractivity contribution in [3.05, 3.63) is 23.8 Å². The Morgan fingerprint density at radius 3 is 2.17 bits per heavy atom. The molecule has 4 rings (SSSR count). The fourth-order valence-corrected chi connectivity index (χ4v) is 10.3. The van der Waals surface area contributed by atoms with Crippen molar-refractivity contribution in [2.24, 2.45) is 41.4 Å². The average Bonchev–Trinajstić information content (AvgIpc) is 3.11. The number of piperidine rings is 2. The number of esters is 1. The second-order valence-electron chi connectivity index (χ2n) is 18.3. The number of allylic oxidation sites excluding steroid dienone is 3. The Balaban J connectivity index is 1.70. The van der Waals surface area contributed by atoms with Gasteiger partial charge in [-0.25, -0.2) is 0 Å². The lowest BCUT2D eigenvalue weighted by Gasteiger charge is -2.47. The number of aliphatic hydroxyl groups is 3. The van der Waals surface area contributed by atoms with Gasteiger partial charge in [-0.3, -0.25) is 9.59 Å². The summed E-state index contributed by atoms with van der Waals surface area (Å²) in [6.45, 7) is 20.4. The molecule has 0 radical (unpaired) electrons. The normalized spacial score (nSPS) is 42.0. The van der Waals surface area contributed by atoms with Gasteiger partial charge in [0.1, 0.15) is 6.10 Å². The third-order valence-electron chi connectivity index (χ3n) is 13.3. The highest BCUT2D eigenvalue weighted by molar-refractivity contribution is 5.91. The molecule has 0 bridgehead atoms. The Kier molecular flexibility index (Phi) is 17.7. The highest BCUT2D eigenvalue weighted by atomic mass is 16.5. The number of hydrogen-bond donors (Lipinski definition) is 3. The molecule has 0 saturated carbocycles. The first kappa shape index (κ1) is 45.0. The van der Waals surface area contributed by atoms with Crippen molar-refractivity contribution in [2.75, 3.05) is 53.4 Å². The number of carbonyl (C=O) groups excluding carboxylic acids is 2. The summed E-state index contributed by atoms with van der Waals surface area (Å²) in [4.78, 5) is 34.5. The number of likely N-dealkylation sites (tertiary alicyclic amines) is 2. The monoisotopic (exact) mass is 760 g/mol. The molecule has 3 fully saturated rings. The van der Waals surface area contributed by atoms with E-state index in [0.29, 0.717) is 31.1 Å². The Morgan fingerprint density at radius 2 is 1.54 bits per heavy atom. The quantitative estimate of drug-likeness (QED) is 0.266. The van der Waals surface area contributed by atoms with Gasteiger partial charge in [0, 0.05) is 31.5 Å². The van der Waals surface area contributed by atoms with E-state index in [1.807, 2.05) is 59.7 Å². The van der Waals surface area contributed by atoms with Crippen LogP contribution in [0, 0.1) is 41.4 Å². The number of likely N-dealkylation sites (N-methyl/N-ethyl adjacent to an activating group) is 1. The number of ketones is 1. The molecule has 14 unspecified atom stereocenters. The minimum absolute atomic E-state index is 0.00294. The van der Waals surface area contributed by atoms with Gasteiger partial charge in [0.05, 0.1) is 43.0 Å². The van der Waals surface area contributed by atoms with Crippen LogP contribution in [0.15, 0.2) is 23.8 Å². The van der Waals surface area contributed by atoms with Crippen LogP contribution in [0.1, 0.15) is 106 Å². The van der Waals surface area contributed by atoms with Crippen molar-refractivity contribution in [1.82, 2.24) is 14.7 Å². The zero-order chi connectivity index (χ0) is 39.7. The van der Waals surface area contributed by atoms with Gasteiger partial charge in [-0.05, 0) is 128 Å². The molecule has 14 atom stereocenters.